The molecule has 1 atom stereocenters. The summed E-state index contributed by atoms with van der Waals surface area (Å²) in [6, 6.07) is -1.15. The second kappa shape index (κ2) is 5.18. The quantitative estimate of drug-likeness (QED) is 0.644. The number of rotatable bonds is 6. The van der Waals surface area contributed by atoms with Crippen molar-refractivity contribution in [3.05, 3.63) is 0 Å². The van der Waals surface area contributed by atoms with Gasteiger partial charge in [0.15, 0.2) is 0 Å². The number of unbranched alkanes of at least 4 members (excludes halogenated alkanes) is 1. The first kappa shape index (κ1) is 12.8. The minimum Gasteiger partial charge on any atom is -0.480 e. The summed E-state index contributed by atoms with van der Waals surface area (Å²) in [5.41, 5.74) is -0.113. The molecule has 1 saturated carbocycles. The van der Waals surface area contributed by atoms with Gasteiger partial charge in [-0.05, 0) is 26.2 Å². The number of hydrogen-bond acceptors (Lipinski definition) is 2. The zero-order valence-electron chi connectivity index (χ0n) is 9.88. The Morgan fingerprint density at radius 2 is 2.06 bits per heavy atom. The maximum atomic E-state index is 11.5. The average molecular weight is 228 g/mol. The lowest BCUT2D eigenvalue weighted by molar-refractivity contribution is -0.139. The SMILES string of the molecule is CCCC[C@H](NC(=O)NC1(C)CC1)C(=O)O. The standard InChI is InChI=1S/C11H20N2O3/c1-3-4-5-8(9(14)15)12-10(16)13-11(2)6-7-11/h8H,3-7H2,1-2H3,(H,14,15)(H2,12,13,16)/t8-/m0/s1. The molecular weight excluding hydrogens is 208 g/mol. The number of carbonyl (C=O) groups excluding carboxylic acids is 1. The molecule has 16 heavy (non-hydrogen) atoms. The first-order valence-corrected chi connectivity index (χ1v) is 5.78. The molecule has 0 aliphatic heterocycles. The van der Waals surface area contributed by atoms with Crippen molar-refractivity contribution in [2.24, 2.45) is 0 Å². The first-order chi connectivity index (χ1) is 7.47. The van der Waals surface area contributed by atoms with Crippen LogP contribution < -0.4 is 10.6 Å². The van der Waals surface area contributed by atoms with Crippen molar-refractivity contribution in [3.63, 3.8) is 0 Å². The fourth-order valence-corrected chi connectivity index (χ4v) is 1.45. The highest BCUT2D eigenvalue weighted by molar-refractivity contribution is 5.83. The van der Waals surface area contributed by atoms with Gasteiger partial charge in [-0.15, -0.1) is 0 Å². The van der Waals surface area contributed by atoms with Crippen LogP contribution in [0.5, 0.6) is 0 Å². The van der Waals surface area contributed by atoms with Gasteiger partial charge in [0.2, 0.25) is 0 Å². The van der Waals surface area contributed by atoms with Crippen molar-refractivity contribution in [2.75, 3.05) is 0 Å². The average Bonchev–Trinajstić information content (AvgIpc) is 2.89. The van der Waals surface area contributed by atoms with Crippen molar-refractivity contribution in [3.8, 4) is 0 Å². The van der Waals surface area contributed by atoms with Crippen LogP contribution in [0, 0.1) is 0 Å². The number of carboxylic acids is 1. The van der Waals surface area contributed by atoms with Crippen molar-refractivity contribution >= 4 is 12.0 Å². The third-order valence-corrected chi connectivity index (χ3v) is 2.87. The van der Waals surface area contributed by atoms with Crippen LogP contribution in [0.3, 0.4) is 0 Å². The van der Waals surface area contributed by atoms with E-state index in [0.717, 1.165) is 25.7 Å². The molecule has 0 aromatic rings. The molecule has 0 aromatic carbocycles. The fourth-order valence-electron chi connectivity index (χ4n) is 1.45. The summed E-state index contributed by atoms with van der Waals surface area (Å²) in [6.45, 7) is 3.94. The van der Waals surface area contributed by atoms with Gasteiger partial charge in [-0.1, -0.05) is 19.8 Å². The molecule has 1 rings (SSSR count). The molecule has 0 aromatic heterocycles. The second-order valence-corrected chi connectivity index (χ2v) is 4.69. The van der Waals surface area contributed by atoms with Gasteiger partial charge in [-0.25, -0.2) is 9.59 Å². The molecule has 0 bridgehead atoms. The van der Waals surface area contributed by atoms with Crippen molar-refractivity contribution in [1.82, 2.24) is 10.6 Å². The summed E-state index contributed by atoms with van der Waals surface area (Å²) in [5, 5.41) is 14.2. The van der Waals surface area contributed by atoms with E-state index in [-0.39, 0.29) is 11.6 Å². The molecule has 0 heterocycles. The highest BCUT2D eigenvalue weighted by Gasteiger charge is 2.39. The smallest absolute Gasteiger partial charge is 0.326 e. The molecule has 3 N–H and O–H groups in total. The lowest BCUT2D eigenvalue weighted by Crippen LogP contribution is -2.49. The predicted molar refractivity (Wildman–Crippen MR) is 60.3 cm³/mol. The van der Waals surface area contributed by atoms with Crippen molar-refractivity contribution < 1.29 is 14.7 Å². The van der Waals surface area contributed by atoms with Crippen LogP contribution in [0.2, 0.25) is 0 Å². The van der Waals surface area contributed by atoms with E-state index in [9.17, 15) is 9.59 Å². The third-order valence-electron chi connectivity index (χ3n) is 2.87. The molecule has 0 unspecified atom stereocenters. The largest absolute Gasteiger partial charge is 0.480 e. The molecule has 1 aliphatic rings. The van der Waals surface area contributed by atoms with Gasteiger partial charge < -0.3 is 15.7 Å². The minimum atomic E-state index is -0.968. The number of aliphatic carboxylic acids is 1. The Labute approximate surface area is 95.6 Å². The minimum absolute atomic E-state index is 0.113. The molecule has 2 amide bonds. The maximum Gasteiger partial charge on any atom is 0.326 e. The summed E-state index contributed by atoms with van der Waals surface area (Å²) in [5.74, 6) is -0.968. The van der Waals surface area contributed by atoms with E-state index < -0.39 is 12.0 Å². The molecule has 0 spiro atoms. The van der Waals surface area contributed by atoms with E-state index in [1.165, 1.54) is 0 Å². The number of hydrogen-bond donors (Lipinski definition) is 3. The van der Waals surface area contributed by atoms with Crippen LogP contribution >= 0.6 is 0 Å². The highest BCUT2D eigenvalue weighted by atomic mass is 16.4. The van der Waals surface area contributed by atoms with Gasteiger partial charge in [0, 0.05) is 5.54 Å². The molecule has 0 radical (unpaired) electrons. The van der Waals surface area contributed by atoms with E-state index >= 15 is 0 Å². The van der Waals surface area contributed by atoms with Gasteiger partial charge in [0.25, 0.3) is 0 Å². The van der Waals surface area contributed by atoms with E-state index in [0.29, 0.717) is 6.42 Å². The van der Waals surface area contributed by atoms with Gasteiger partial charge in [-0.3, -0.25) is 0 Å². The summed E-state index contributed by atoms with van der Waals surface area (Å²) < 4.78 is 0. The van der Waals surface area contributed by atoms with Crippen molar-refractivity contribution in [2.45, 2.75) is 57.5 Å². The normalized spacial score (nSPS) is 18.6. The molecule has 92 valence electrons. The first-order valence-electron chi connectivity index (χ1n) is 5.78. The summed E-state index contributed by atoms with van der Waals surface area (Å²) in [7, 11) is 0. The van der Waals surface area contributed by atoms with Gasteiger partial charge >= 0.3 is 12.0 Å². The predicted octanol–water partition coefficient (Wildman–Crippen LogP) is 1.48. The Hall–Kier alpha value is -1.26. The van der Waals surface area contributed by atoms with E-state index in [1.54, 1.807) is 0 Å². The molecule has 5 heteroatoms. The van der Waals surface area contributed by atoms with Crippen LogP contribution in [0.15, 0.2) is 0 Å². The Morgan fingerprint density at radius 3 is 2.50 bits per heavy atom. The number of amides is 2. The molecular formula is C11H20N2O3. The lowest BCUT2D eigenvalue weighted by Gasteiger charge is -2.17. The van der Waals surface area contributed by atoms with Crippen LogP contribution in [0.25, 0.3) is 0 Å². The fraction of sp³-hybridized carbons (Fsp3) is 0.818. The second-order valence-electron chi connectivity index (χ2n) is 4.69. The molecule has 0 saturated heterocycles. The highest BCUT2D eigenvalue weighted by Crippen LogP contribution is 2.33. The molecule has 1 fully saturated rings. The van der Waals surface area contributed by atoms with Crippen LogP contribution in [-0.2, 0) is 4.79 Å². The number of urea groups is 1. The number of carbonyl (C=O) groups is 2. The molecule has 1 aliphatic carbocycles. The van der Waals surface area contributed by atoms with Crippen molar-refractivity contribution in [1.29, 1.82) is 0 Å². The summed E-state index contributed by atoms with van der Waals surface area (Å²) in [6.07, 6.45) is 4.13. The monoisotopic (exact) mass is 228 g/mol. The van der Waals surface area contributed by atoms with Gasteiger partial charge in [0.1, 0.15) is 6.04 Å². The van der Waals surface area contributed by atoms with E-state index in [2.05, 4.69) is 10.6 Å². The topological polar surface area (TPSA) is 78.4 Å². The Kier molecular flexibility index (Phi) is 4.15. The van der Waals surface area contributed by atoms with Crippen LogP contribution in [0.1, 0.15) is 46.0 Å². The zero-order chi connectivity index (χ0) is 12.2. The molecule has 5 nitrogen and oxygen atoms in total. The van der Waals surface area contributed by atoms with E-state index in [1.807, 2.05) is 13.8 Å². The Morgan fingerprint density at radius 1 is 1.44 bits per heavy atom. The summed E-state index contributed by atoms with van der Waals surface area (Å²) in [4.78, 5) is 22.4. The van der Waals surface area contributed by atoms with Crippen LogP contribution in [0.4, 0.5) is 4.79 Å². The number of nitrogens with one attached hydrogen (secondary N) is 2. The zero-order valence-corrected chi connectivity index (χ0v) is 9.88. The van der Waals surface area contributed by atoms with Gasteiger partial charge in [0.05, 0.1) is 0 Å². The Balaban J connectivity index is 2.35. The lowest BCUT2D eigenvalue weighted by atomic mass is 10.1. The number of carboxylic acid groups (broad SMARTS) is 1. The summed E-state index contributed by atoms with van der Waals surface area (Å²) >= 11 is 0. The van der Waals surface area contributed by atoms with E-state index in [4.69, 9.17) is 5.11 Å². The van der Waals surface area contributed by atoms with Crippen LogP contribution in [-0.4, -0.2) is 28.7 Å². The Bertz CT molecular complexity index is 274. The van der Waals surface area contributed by atoms with Gasteiger partial charge in [-0.2, -0.15) is 0 Å². The third kappa shape index (κ3) is 4.08. The maximum absolute atomic E-state index is 11.5.